The lowest BCUT2D eigenvalue weighted by Gasteiger charge is -2.56. The van der Waals surface area contributed by atoms with Crippen LogP contribution in [-0.2, 0) is 4.74 Å². The van der Waals surface area contributed by atoms with Gasteiger partial charge in [-0.3, -0.25) is 0 Å². The third kappa shape index (κ3) is 3.24. The molecular formula is C15H27N3O3. The summed E-state index contributed by atoms with van der Waals surface area (Å²) in [5, 5.41) is 0. The fourth-order valence-electron chi connectivity index (χ4n) is 3.03. The summed E-state index contributed by atoms with van der Waals surface area (Å²) in [7, 11) is 3.56. The molecule has 0 radical (unpaired) electrons. The molecule has 2 heterocycles. The van der Waals surface area contributed by atoms with Crippen LogP contribution in [0.2, 0.25) is 0 Å². The molecule has 2 saturated heterocycles. The minimum Gasteiger partial charge on any atom is -0.444 e. The van der Waals surface area contributed by atoms with Gasteiger partial charge in [0.2, 0.25) is 0 Å². The lowest BCUT2D eigenvalue weighted by Crippen LogP contribution is -2.67. The van der Waals surface area contributed by atoms with E-state index in [4.69, 9.17) is 4.74 Å². The van der Waals surface area contributed by atoms with Crippen LogP contribution in [0.1, 0.15) is 40.0 Å². The Morgan fingerprint density at radius 3 is 1.95 bits per heavy atom. The maximum Gasteiger partial charge on any atom is 0.410 e. The molecule has 0 aromatic carbocycles. The van der Waals surface area contributed by atoms with Crippen LogP contribution in [0.4, 0.5) is 9.59 Å². The van der Waals surface area contributed by atoms with Gasteiger partial charge in [-0.15, -0.1) is 0 Å². The molecule has 0 N–H and O–H groups in total. The van der Waals surface area contributed by atoms with Gasteiger partial charge >= 0.3 is 12.1 Å². The molecule has 6 nitrogen and oxygen atoms in total. The number of nitrogens with zero attached hydrogens (tertiary/aromatic N) is 3. The minimum absolute atomic E-state index is 0.0418. The van der Waals surface area contributed by atoms with E-state index < -0.39 is 5.60 Å². The van der Waals surface area contributed by atoms with Crippen molar-refractivity contribution in [1.82, 2.24) is 14.7 Å². The molecule has 6 heteroatoms. The van der Waals surface area contributed by atoms with Gasteiger partial charge in [0.15, 0.2) is 0 Å². The van der Waals surface area contributed by atoms with Crippen LogP contribution in [-0.4, -0.2) is 71.7 Å². The topological polar surface area (TPSA) is 53.1 Å². The molecule has 0 saturated carbocycles. The summed E-state index contributed by atoms with van der Waals surface area (Å²) in [6.07, 6.45) is 2.47. The standard InChI is InChI=1S/C15H27N3O3/c1-14(2,3)21-13(20)17-9-6-15(7-10-17)8-11-18(15)12(19)16(4)5/h6-11H2,1-5H3. The zero-order valence-corrected chi connectivity index (χ0v) is 13.8. The van der Waals surface area contributed by atoms with Crippen molar-refractivity contribution in [1.29, 1.82) is 0 Å². The van der Waals surface area contributed by atoms with Crippen molar-refractivity contribution in [2.45, 2.75) is 51.2 Å². The smallest absolute Gasteiger partial charge is 0.410 e. The Balaban J connectivity index is 1.91. The van der Waals surface area contributed by atoms with Crippen molar-refractivity contribution in [3.8, 4) is 0 Å². The summed E-state index contributed by atoms with van der Waals surface area (Å²) in [6, 6.07) is 0.0759. The Kier molecular flexibility index (Phi) is 4.08. The Bertz CT molecular complexity index is 420. The molecule has 0 unspecified atom stereocenters. The van der Waals surface area contributed by atoms with E-state index in [2.05, 4.69) is 0 Å². The molecule has 2 rings (SSSR count). The number of hydrogen-bond donors (Lipinski definition) is 0. The first-order valence-electron chi connectivity index (χ1n) is 7.61. The van der Waals surface area contributed by atoms with Gasteiger partial charge in [-0.1, -0.05) is 0 Å². The van der Waals surface area contributed by atoms with Crippen molar-refractivity contribution in [3.05, 3.63) is 0 Å². The fourth-order valence-corrected chi connectivity index (χ4v) is 3.03. The number of rotatable bonds is 0. The van der Waals surface area contributed by atoms with Crippen LogP contribution < -0.4 is 0 Å². The van der Waals surface area contributed by atoms with Crippen molar-refractivity contribution in [3.63, 3.8) is 0 Å². The van der Waals surface area contributed by atoms with Crippen molar-refractivity contribution in [2.24, 2.45) is 0 Å². The van der Waals surface area contributed by atoms with E-state index in [9.17, 15) is 9.59 Å². The summed E-state index contributed by atoms with van der Waals surface area (Å²) in [5.74, 6) is 0. The number of likely N-dealkylation sites (tertiary alicyclic amines) is 2. The number of piperidine rings is 1. The van der Waals surface area contributed by atoms with Crippen LogP contribution in [0.25, 0.3) is 0 Å². The quantitative estimate of drug-likeness (QED) is 0.688. The van der Waals surface area contributed by atoms with Gasteiger partial charge in [0, 0.05) is 39.3 Å². The highest BCUT2D eigenvalue weighted by Gasteiger charge is 2.50. The van der Waals surface area contributed by atoms with Crippen LogP contribution >= 0.6 is 0 Å². The summed E-state index contributed by atoms with van der Waals surface area (Å²) < 4.78 is 5.41. The number of urea groups is 1. The molecule has 21 heavy (non-hydrogen) atoms. The Labute approximate surface area is 127 Å². The zero-order chi connectivity index (χ0) is 15.8. The Morgan fingerprint density at radius 2 is 1.57 bits per heavy atom. The van der Waals surface area contributed by atoms with Crippen molar-refractivity contribution < 1.29 is 14.3 Å². The predicted octanol–water partition coefficient (Wildman–Crippen LogP) is 2.14. The van der Waals surface area contributed by atoms with Gasteiger partial charge in [0.25, 0.3) is 0 Å². The van der Waals surface area contributed by atoms with Crippen LogP contribution in [0, 0.1) is 0 Å². The maximum absolute atomic E-state index is 12.1. The Hall–Kier alpha value is -1.46. The van der Waals surface area contributed by atoms with Gasteiger partial charge in [0.05, 0.1) is 0 Å². The van der Waals surface area contributed by atoms with Gasteiger partial charge in [0.1, 0.15) is 5.60 Å². The van der Waals surface area contributed by atoms with E-state index in [1.54, 1.807) is 23.9 Å². The molecule has 2 aliphatic heterocycles. The number of carbonyl (C=O) groups excluding carboxylic acids is 2. The maximum atomic E-state index is 12.1. The molecule has 2 aliphatic rings. The lowest BCUT2D eigenvalue weighted by molar-refractivity contribution is -0.0396. The average Bonchev–Trinajstić information content (AvgIpc) is 2.35. The summed E-state index contributed by atoms with van der Waals surface area (Å²) in [5.41, 5.74) is -0.504. The van der Waals surface area contributed by atoms with Crippen LogP contribution in [0.3, 0.4) is 0 Å². The van der Waals surface area contributed by atoms with Gasteiger partial charge in [-0.2, -0.15) is 0 Å². The largest absolute Gasteiger partial charge is 0.444 e. The van der Waals surface area contributed by atoms with E-state index in [1.807, 2.05) is 25.7 Å². The summed E-state index contributed by atoms with van der Waals surface area (Å²) >= 11 is 0. The van der Waals surface area contributed by atoms with E-state index >= 15 is 0 Å². The van der Waals surface area contributed by atoms with Crippen LogP contribution in [0.15, 0.2) is 0 Å². The number of carbonyl (C=O) groups is 2. The van der Waals surface area contributed by atoms with E-state index in [1.165, 1.54) is 0 Å². The molecule has 0 bridgehead atoms. The lowest BCUT2D eigenvalue weighted by atomic mass is 9.76. The zero-order valence-electron chi connectivity index (χ0n) is 13.8. The molecule has 120 valence electrons. The predicted molar refractivity (Wildman–Crippen MR) is 80.2 cm³/mol. The van der Waals surface area contributed by atoms with Crippen LogP contribution in [0.5, 0.6) is 0 Å². The van der Waals surface area contributed by atoms with Crippen molar-refractivity contribution >= 4 is 12.1 Å². The highest BCUT2D eigenvalue weighted by molar-refractivity contribution is 5.76. The number of ether oxygens (including phenoxy) is 1. The first kappa shape index (κ1) is 15.9. The average molecular weight is 297 g/mol. The second kappa shape index (κ2) is 5.39. The first-order valence-corrected chi connectivity index (χ1v) is 7.61. The first-order chi connectivity index (χ1) is 9.65. The second-order valence-electron chi connectivity index (χ2n) is 7.27. The third-order valence-corrected chi connectivity index (χ3v) is 4.33. The van der Waals surface area contributed by atoms with Gasteiger partial charge in [-0.25, -0.2) is 9.59 Å². The Morgan fingerprint density at radius 1 is 1.05 bits per heavy atom. The molecule has 0 aromatic heterocycles. The second-order valence-corrected chi connectivity index (χ2v) is 7.27. The molecule has 1 spiro atoms. The number of hydrogen-bond acceptors (Lipinski definition) is 3. The highest BCUT2D eigenvalue weighted by atomic mass is 16.6. The third-order valence-electron chi connectivity index (χ3n) is 4.33. The summed E-state index contributed by atoms with van der Waals surface area (Å²) in [6.45, 7) is 7.76. The highest BCUT2D eigenvalue weighted by Crippen LogP contribution is 2.40. The molecule has 3 amide bonds. The van der Waals surface area contributed by atoms with E-state index in [-0.39, 0.29) is 17.7 Å². The van der Waals surface area contributed by atoms with Gasteiger partial charge < -0.3 is 19.4 Å². The van der Waals surface area contributed by atoms with Crippen molar-refractivity contribution in [2.75, 3.05) is 33.7 Å². The SMILES string of the molecule is CN(C)C(=O)N1CCC12CCN(C(=O)OC(C)(C)C)CC2. The normalized spacial score (nSPS) is 21.0. The monoisotopic (exact) mass is 297 g/mol. The molecule has 0 atom stereocenters. The number of amides is 3. The molecule has 0 aliphatic carbocycles. The molecule has 0 aromatic rings. The molecule has 2 fully saturated rings. The van der Waals surface area contributed by atoms with E-state index in [0.29, 0.717) is 13.1 Å². The minimum atomic E-state index is -0.463. The fraction of sp³-hybridized carbons (Fsp3) is 0.867. The molecular weight excluding hydrogens is 270 g/mol. The van der Waals surface area contributed by atoms with E-state index in [0.717, 1.165) is 25.8 Å². The summed E-state index contributed by atoms with van der Waals surface area (Å²) in [4.78, 5) is 29.6. The van der Waals surface area contributed by atoms with Gasteiger partial charge in [-0.05, 0) is 40.0 Å².